The quantitative estimate of drug-likeness (QED) is 0.651. The lowest BCUT2D eigenvalue weighted by atomic mass is 10.0. The van der Waals surface area contributed by atoms with E-state index in [-0.39, 0.29) is 6.09 Å². The lowest BCUT2D eigenvalue weighted by Gasteiger charge is -2.36. The number of hydrogen-bond donors (Lipinski definition) is 0. The Labute approximate surface area is 171 Å². The molecule has 150 valence electrons. The van der Waals surface area contributed by atoms with E-state index in [0.29, 0.717) is 26.2 Å². The van der Waals surface area contributed by atoms with Gasteiger partial charge in [0.2, 0.25) is 0 Å². The third kappa shape index (κ3) is 4.16. The van der Waals surface area contributed by atoms with Gasteiger partial charge in [0, 0.05) is 42.5 Å². The molecule has 0 aliphatic carbocycles. The molecule has 6 nitrogen and oxygen atoms in total. The number of hydrogen-bond acceptors (Lipinski definition) is 5. The molecule has 0 atom stereocenters. The predicted molar refractivity (Wildman–Crippen MR) is 115 cm³/mol. The van der Waals surface area contributed by atoms with Crippen molar-refractivity contribution in [2.75, 3.05) is 31.1 Å². The van der Waals surface area contributed by atoms with Crippen LogP contribution < -0.4 is 4.90 Å². The molecule has 0 spiro atoms. The molecule has 2 aromatic carbocycles. The number of aromatic nitrogens is 2. The number of amides is 1. The highest BCUT2D eigenvalue weighted by Gasteiger charge is 2.27. The summed E-state index contributed by atoms with van der Waals surface area (Å²) >= 11 is 0. The minimum atomic E-state index is -0.483. The van der Waals surface area contributed by atoms with Crippen molar-refractivity contribution in [3.8, 4) is 11.3 Å². The Bertz CT molecular complexity index is 1010. The molecule has 0 radical (unpaired) electrons. The van der Waals surface area contributed by atoms with Crippen molar-refractivity contribution in [3.63, 3.8) is 0 Å². The van der Waals surface area contributed by atoms with Crippen LogP contribution in [0.25, 0.3) is 22.0 Å². The van der Waals surface area contributed by atoms with Crippen LogP contribution in [0, 0.1) is 0 Å². The number of rotatable bonds is 2. The molecule has 6 heteroatoms. The summed E-state index contributed by atoms with van der Waals surface area (Å²) in [5, 5.41) is 11.3. The number of ether oxygens (including phenoxy) is 1. The largest absolute Gasteiger partial charge is 0.444 e. The molecule has 1 aliphatic heterocycles. The fraction of sp³-hybridized carbons (Fsp3) is 0.348. The van der Waals surface area contributed by atoms with Gasteiger partial charge in [-0.25, -0.2) is 4.79 Å². The number of piperazine rings is 1. The monoisotopic (exact) mass is 390 g/mol. The zero-order valence-corrected chi connectivity index (χ0v) is 17.1. The first-order chi connectivity index (χ1) is 13.9. The number of carbonyl (C=O) groups is 1. The second-order valence-electron chi connectivity index (χ2n) is 8.24. The average molecular weight is 390 g/mol. The highest BCUT2D eigenvalue weighted by molar-refractivity contribution is 6.00. The van der Waals surface area contributed by atoms with Gasteiger partial charge in [-0.1, -0.05) is 54.6 Å². The highest BCUT2D eigenvalue weighted by atomic mass is 16.6. The number of benzene rings is 2. The van der Waals surface area contributed by atoms with Crippen molar-refractivity contribution < 1.29 is 9.53 Å². The minimum Gasteiger partial charge on any atom is -0.444 e. The highest BCUT2D eigenvalue weighted by Crippen LogP contribution is 2.31. The summed E-state index contributed by atoms with van der Waals surface area (Å²) in [7, 11) is 0. The van der Waals surface area contributed by atoms with Crippen LogP contribution >= 0.6 is 0 Å². The first-order valence-corrected chi connectivity index (χ1v) is 9.96. The maximum atomic E-state index is 12.3. The Morgan fingerprint density at radius 1 is 0.862 bits per heavy atom. The third-order valence-corrected chi connectivity index (χ3v) is 4.95. The Morgan fingerprint density at radius 3 is 2.14 bits per heavy atom. The predicted octanol–water partition coefficient (Wildman–Crippen LogP) is 4.35. The van der Waals surface area contributed by atoms with Crippen LogP contribution in [0.4, 0.5) is 10.6 Å². The molecule has 0 bridgehead atoms. The van der Waals surface area contributed by atoms with Crippen LogP contribution in [0.2, 0.25) is 0 Å². The maximum Gasteiger partial charge on any atom is 0.410 e. The molecule has 1 aliphatic rings. The van der Waals surface area contributed by atoms with Gasteiger partial charge in [-0.2, -0.15) is 0 Å². The first-order valence-electron chi connectivity index (χ1n) is 9.96. The van der Waals surface area contributed by atoms with E-state index in [0.717, 1.165) is 27.8 Å². The average Bonchev–Trinajstić information content (AvgIpc) is 2.72. The maximum absolute atomic E-state index is 12.3. The van der Waals surface area contributed by atoms with Gasteiger partial charge in [0.05, 0.1) is 0 Å². The lowest BCUT2D eigenvalue weighted by molar-refractivity contribution is 0.0240. The molecule has 1 saturated heterocycles. The van der Waals surface area contributed by atoms with Crippen molar-refractivity contribution >= 4 is 22.7 Å². The van der Waals surface area contributed by atoms with E-state index in [1.165, 1.54) is 0 Å². The fourth-order valence-corrected chi connectivity index (χ4v) is 3.56. The Hall–Kier alpha value is -3.15. The Balaban J connectivity index is 1.58. The second-order valence-corrected chi connectivity index (χ2v) is 8.24. The molecule has 0 N–H and O–H groups in total. The summed E-state index contributed by atoms with van der Waals surface area (Å²) in [6, 6.07) is 18.4. The van der Waals surface area contributed by atoms with Crippen LogP contribution in [0.5, 0.6) is 0 Å². The number of nitrogens with zero attached hydrogens (tertiary/aromatic N) is 4. The number of fused-ring (bicyclic) bond motifs is 1. The molecule has 2 heterocycles. The first kappa shape index (κ1) is 19.2. The smallest absolute Gasteiger partial charge is 0.410 e. The van der Waals surface area contributed by atoms with E-state index in [4.69, 9.17) is 4.74 Å². The summed E-state index contributed by atoms with van der Waals surface area (Å²) in [5.74, 6) is 0.865. The van der Waals surface area contributed by atoms with Gasteiger partial charge in [0.25, 0.3) is 0 Å². The van der Waals surface area contributed by atoms with Gasteiger partial charge in [-0.05, 0) is 20.8 Å². The van der Waals surface area contributed by atoms with E-state index in [2.05, 4.69) is 39.4 Å². The van der Waals surface area contributed by atoms with E-state index in [9.17, 15) is 4.79 Å². The number of carbonyl (C=O) groups excluding carboxylic acids is 1. The molecular formula is C23H26N4O2. The lowest BCUT2D eigenvalue weighted by Crippen LogP contribution is -2.50. The molecule has 0 saturated carbocycles. The molecule has 29 heavy (non-hydrogen) atoms. The van der Waals surface area contributed by atoms with Crippen LogP contribution in [-0.4, -0.2) is 53.0 Å². The second kappa shape index (κ2) is 7.70. The van der Waals surface area contributed by atoms with Crippen molar-refractivity contribution in [1.82, 2.24) is 15.1 Å². The van der Waals surface area contributed by atoms with Crippen LogP contribution in [-0.2, 0) is 4.74 Å². The van der Waals surface area contributed by atoms with Crippen molar-refractivity contribution in [1.29, 1.82) is 0 Å². The van der Waals surface area contributed by atoms with E-state index < -0.39 is 5.60 Å². The van der Waals surface area contributed by atoms with Crippen molar-refractivity contribution in [3.05, 3.63) is 54.6 Å². The van der Waals surface area contributed by atoms with Crippen LogP contribution in [0.15, 0.2) is 54.6 Å². The van der Waals surface area contributed by atoms with Gasteiger partial charge in [0.15, 0.2) is 5.82 Å². The normalized spacial score (nSPS) is 14.9. The molecule has 4 rings (SSSR count). The SMILES string of the molecule is CC(C)(C)OC(=O)N1CCN(c2nnc(-c3ccccc3)c3ccccc23)CC1. The van der Waals surface area contributed by atoms with Gasteiger partial charge < -0.3 is 14.5 Å². The van der Waals surface area contributed by atoms with Crippen molar-refractivity contribution in [2.45, 2.75) is 26.4 Å². The van der Waals surface area contributed by atoms with E-state index >= 15 is 0 Å². The molecule has 1 amide bonds. The summed E-state index contributed by atoms with van der Waals surface area (Å²) < 4.78 is 5.49. The molecule has 1 fully saturated rings. The summed E-state index contributed by atoms with van der Waals surface area (Å²) in [6.07, 6.45) is -0.257. The van der Waals surface area contributed by atoms with Crippen molar-refractivity contribution in [2.24, 2.45) is 0 Å². The fourth-order valence-electron chi connectivity index (χ4n) is 3.56. The van der Waals surface area contributed by atoms with Gasteiger partial charge in [-0.3, -0.25) is 0 Å². The van der Waals surface area contributed by atoms with Gasteiger partial charge in [-0.15, -0.1) is 10.2 Å². The van der Waals surface area contributed by atoms with E-state index in [1.54, 1.807) is 4.90 Å². The standard InChI is InChI=1S/C23H26N4O2/c1-23(2,3)29-22(28)27-15-13-26(14-16-27)21-19-12-8-7-11-18(19)20(24-25-21)17-9-5-4-6-10-17/h4-12H,13-16H2,1-3H3. The van der Waals surface area contributed by atoms with Crippen LogP contribution in [0.3, 0.4) is 0 Å². The third-order valence-electron chi connectivity index (χ3n) is 4.95. The van der Waals surface area contributed by atoms with E-state index in [1.807, 2.05) is 51.1 Å². The summed E-state index contributed by atoms with van der Waals surface area (Å²) in [6.45, 7) is 8.26. The van der Waals surface area contributed by atoms with Crippen LogP contribution in [0.1, 0.15) is 20.8 Å². The zero-order chi connectivity index (χ0) is 20.4. The molecular weight excluding hydrogens is 364 g/mol. The number of anilines is 1. The molecule has 3 aromatic rings. The Kier molecular flexibility index (Phi) is 5.09. The minimum absolute atomic E-state index is 0.257. The topological polar surface area (TPSA) is 58.6 Å². The zero-order valence-electron chi connectivity index (χ0n) is 17.1. The summed E-state index contributed by atoms with van der Waals surface area (Å²) in [4.78, 5) is 16.3. The Morgan fingerprint density at radius 2 is 1.48 bits per heavy atom. The molecule has 1 aromatic heterocycles. The summed E-state index contributed by atoms with van der Waals surface area (Å²) in [5.41, 5.74) is 1.46. The van der Waals surface area contributed by atoms with Gasteiger partial charge in [0.1, 0.15) is 11.3 Å². The van der Waals surface area contributed by atoms with Gasteiger partial charge >= 0.3 is 6.09 Å². The molecule has 0 unspecified atom stereocenters.